The van der Waals surface area contributed by atoms with Crippen molar-refractivity contribution in [2.75, 3.05) is 16.8 Å². The number of nitrogens with one attached hydrogen (secondary N) is 1. The molecule has 2 N–H and O–H groups in total. The first kappa shape index (κ1) is 29.1. The summed E-state index contributed by atoms with van der Waals surface area (Å²) in [6.07, 6.45) is 0.630. The number of benzene rings is 3. The lowest BCUT2D eigenvalue weighted by Gasteiger charge is -2.24. The van der Waals surface area contributed by atoms with Gasteiger partial charge in [0.1, 0.15) is 0 Å². The van der Waals surface area contributed by atoms with Crippen LogP contribution in [-0.2, 0) is 17.4 Å². The van der Waals surface area contributed by atoms with Gasteiger partial charge in [0.15, 0.2) is 0 Å². The Kier molecular flexibility index (Phi) is 10.6. The maximum atomic E-state index is 13.1. The van der Waals surface area contributed by atoms with E-state index < -0.39 is 23.7 Å². The van der Waals surface area contributed by atoms with Crippen molar-refractivity contribution < 1.29 is 27.9 Å². The van der Waals surface area contributed by atoms with Gasteiger partial charge in [0.05, 0.1) is 12.0 Å². The van der Waals surface area contributed by atoms with Gasteiger partial charge in [0, 0.05) is 27.7 Å². The predicted octanol–water partition coefficient (Wildman–Crippen LogP) is 8.49. The van der Waals surface area contributed by atoms with E-state index in [1.807, 2.05) is 36.4 Å². The molecular formula is C29H31F3N2O3S. The first-order valence-electron chi connectivity index (χ1n) is 12.5. The molecule has 0 aliphatic carbocycles. The van der Waals surface area contributed by atoms with Crippen LogP contribution in [0.15, 0.2) is 82.6 Å². The zero-order valence-electron chi connectivity index (χ0n) is 21.1. The lowest BCUT2D eigenvalue weighted by molar-refractivity contribution is -0.138. The Morgan fingerprint density at radius 1 is 0.842 bits per heavy atom. The molecule has 0 radical (unpaired) electrons. The Balaban J connectivity index is 1.70. The van der Waals surface area contributed by atoms with Gasteiger partial charge in [-0.05, 0) is 72.6 Å². The SMILES string of the molecule is CCCCCCCN(C(=O)Nc1ccc(C(F)(F)F)cc1)c1ccc(Sc2ccc(CC(=O)O)cc2)cc1. The van der Waals surface area contributed by atoms with Crippen LogP contribution in [0.2, 0.25) is 0 Å². The second-order valence-electron chi connectivity index (χ2n) is 8.88. The van der Waals surface area contributed by atoms with Crippen molar-refractivity contribution in [3.8, 4) is 0 Å². The molecule has 0 bridgehead atoms. The molecular weight excluding hydrogens is 513 g/mol. The summed E-state index contributed by atoms with van der Waals surface area (Å²) in [5.74, 6) is -0.877. The quantitative estimate of drug-likeness (QED) is 0.224. The predicted molar refractivity (Wildman–Crippen MR) is 145 cm³/mol. The molecule has 0 saturated heterocycles. The molecule has 0 heterocycles. The van der Waals surface area contributed by atoms with E-state index in [4.69, 9.17) is 5.11 Å². The van der Waals surface area contributed by atoms with E-state index in [1.165, 1.54) is 23.9 Å². The van der Waals surface area contributed by atoms with Gasteiger partial charge < -0.3 is 10.4 Å². The number of carbonyl (C=O) groups is 2. The normalized spacial score (nSPS) is 11.3. The number of hydrogen-bond acceptors (Lipinski definition) is 3. The number of rotatable bonds is 12. The van der Waals surface area contributed by atoms with Crippen molar-refractivity contribution in [3.63, 3.8) is 0 Å². The van der Waals surface area contributed by atoms with Crippen LogP contribution < -0.4 is 10.2 Å². The van der Waals surface area contributed by atoms with E-state index in [0.29, 0.717) is 12.2 Å². The van der Waals surface area contributed by atoms with Gasteiger partial charge in [-0.2, -0.15) is 13.2 Å². The molecule has 0 atom stereocenters. The summed E-state index contributed by atoms with van der Waals surface area (Å²) >= 11 is 1.52. The fraction of sp³-hybridized carbons (Fsp3) is 0.310. The number of halogens is 3. The van der Waals surface area contributed by atoms with Crippen LogP contribution in [0, 0.1) is 0 Å². The molecule has 0 aliphatic heterocycles. The highest BCUT2D eigenvalue weighted by atomic mass is 32.2. The summed E-state index contributed by atoms with van der Waals surface area (Å²) < 4.78 is 38.6. The maximum absolute atomic E-state index is 13.1. The summed E-state index contributed by atoms with van der Waals surface area (Å²) in [5, 5.41) is 11.6. The maximum Gasteiger partial charge on any atom is 0.416 e. The molecule has 3 rings (SSSR count). The van der Waals surface area contributed by atoms with Crippen LogP contribution in [-0.4, -0.2) is 23.7 Å². The second kappa shape index (κ2) is 13.9. The highest BCUT2D eigenvalue weighted by molar-refractivity contribution is 7.99. The molecule has 5 nitrogen and oxygen atoms in total. The molecule has 0 aliphatic rings. The first-order valence-corrected chi connectivity index (χ1v) is 13.3. The fourth-order valence-electron chi connectivity index (χ4n) is 3.84. The largest absolute Gasteiger partial charge is 0.481 e. The Morgan fingerprint density at radius 2 is 1.42 bits per heavy atom. The molecule has 2 amide bonds. The Bertz CT molecular complexity index is 1180. The van der Waals surface area contributed by atoms with Crippen LogP contribution in [0.1, 0.15) is 50.2 Å². The second-order valence-corrected chi connectivity index (χ2v) is 10.0. The number of aliphatic carboxylic acids is 1. The van der Waals surface area contributed by atoms with Crippen LogP contribution in [0.5, 0.6) is 0 Å². The van der Waals surface area contributed by atoms with Crippen LogP contribution in [0.25, 0.3) is 0 Å². The van der Waals surface area contributed by atoms with Gasteiger partial charge >= 0.3 is 18.2 Å². The molecule has 0 aromatic heterocycles. The molecule has 0 unspecified atom stereocenters. The summed E-state index contributed by atoms with van der Waals surface area (Å²) in [7, 11) is 0. The highest BCUT2D eigenvalue weighted by Gasteiger charge is 2.30. The topological polar surface area (TPSA) is 69.6 Å². The molecule has 0 saturated carbocycles. The number of carboxylic acid groups (broad SMARTS) is 1. The fourth-order valence-corrected chi connectivity index (χ4v) is 4.65. The average Bonchev–Trinajstić information content (AvgIpc) is 2.87. The summed E-state index contributed by atoms with van der Waals surface area (Å²) in [4.78, 5) is 27.5. The van der Waals surface area contributed by atoms with Gasteiger partial charge in [-0.25, -0.2) is 4.79 Å². The number of hydrogen-bond donors (Lipinski definition) is 2. The molecule has 0 spiro atoms. The summed E-state index contributed by atoms with van der Waals surface area (Å²) in [6.45, 7) is 2.61. The molecule has 38 heavy (non-hydrogen) atoms. The van der Waals surface area contributed by atoms with E-state index in [1.54, 1.807) is 17.0 Å². The van der Waals surface area contributed by atoms with Crippen molar-refractivity contribution in [2.45, 2.75) is 61.4 Å². The zero-order valence-corrected chi connectivity index (χ0v) is 21.9. The third kappa shape index (κ3) is 9.13. The van der Waals surface area contributed by atoms with E-state index in [0.717, 1.165) is 59.6 Å². The number of alkyl halides is 3. The van der Waals surface area contributed by atoms with Gasteiger partial charge in [0.2, 0.25) is 0 Å². The molecule has 3 aromatic rings. The monoisotopic (exact) mass is 544 g/mol. The van der Waals surface area contributed by atoms with Crippen molar-refractivity contribution in [3.05, 3.63) is 83.9 Å². The number of nitrogens with zero attached hydrogens (tertiary/aromatic N) is 1. The third-order valence-electron chi connectivity index (χ3n) is 5.86. The minimum Gasteiger partial charge on any atom is -0.481 e. The number of urea groups is 1. The van der Waals surface area contributed by atoms with Crippen LogP contribution in [0.3, 0.4) is 0 Å². The third-order valence-corrected chi connectivity index (χ3v) is 6.87. The van der Waals surface area contributed by atoms with Crippen molar-refractivity contribution >= 4 is 35.1 Å². The van der Waals surface area contributed by atoms with E-state index in [9.17, 15) is 22.8 Å². The Hall–Kier alpha value is -3.46. The van der Waals surface area contributed by atoms with Crippen LogP contribution in [0.4, 0.5) is 29.3 Å². The smallest absolute Gasteiger partial charge is 0.416 e. The van der Waals surface area contributed by atoms with Gasteiger partial charge in [0.25, 0.3) is 0 Å². The Morgan fingerprint density at radius 3 is 1.97 bits per heavy atom. The number of carbonyl (C=O) groups excluding carboxylic acids is 1. The van der Waals surface area contributed by atoms with Crippen LogP contribution >= 0.6 is 11.8 Å². The number of amides is 2. The molecule has 9 heteroatoms. The zero-order chi connectivity index (χ0) is 27.5. The minimum absolute atomic E-state index is 0.0253. The minimum atomic E-state index is -4.44. The summed E-state index contributed by atoms with van der Waals surface area (Å²) in [6, 6.07) is 18.8. The first-order chi connectivity index (χ1) is 18.2. The van der Waals surface area contributed by atoms with E-state index >= 15 is 0 Å². The van der Waals surface area contributed by atoms with Gasteiger partial charge in [-0.1, -0.05) is 56.5 Å². The lowest BCUT2D eigenvalue weighted by atomic mass is 10.1. The van der Waals surface area contributed by atoms with E-state index in [-0.39, 0.29) is 12.1 Å². The van der Waals surface area contributed by atoms with Crippen molar-refractivity contribution in [1.29, 1.82) is 0 Å². The van der Waals surface area contributed by atoms with E-state index in [2.05, 4.69) is 12.2 Å². The molecule has 202 valence electrons. The average molecular weight is 545 g/mol. The summed E-state index contributed by atoms with van der Waals surface area (Å²) in [5.41, 5.74) is 0.933. The molecule has 0 fully saturated rings. The molecule has 3 aromatic carbocycles. The standard InChI is InChI=1S/C29H31F3N2O3S/c1-2-3-4-5-6-19-34(28(37)33-23-11-9-22(10-12-23)29(30,31)32)24-13-17-26(18-14-24)38-25-15-7-21(8-16-25)20-27(35)36/h7-18H,2-6,19-20H2,1H3,(H,33,37)(H,35,36). The Labute approximate surface area is 225 Å². The van der Waals surface area contributed by atoms with Gasteiger partial charge in [-0.3, -0.25) is 9.69 Å². The lowest BCUT2D eigenvalue weighted by Crippen LogP contribution is -2.35. The number of unbranched alkanes of at least 4 members (excludes halogenated alkanes) is 4. The van der Waals surface area contributed by atoms with Crippen molar-refractivity contribution in [1.82, 2.24) is 0 Å². The number of anilines is 2. The highest BCUT2D eigenvalue weighted by Crippen LogP contribution is 2.31. The van der Waals surface area contributed by atoms with Gasteiger partial charge in [-0.15, -0.1) is 0 Å². The van der Waals surface area contributed by atoms with Crippen molar-refractivity contribution in [2.24, 2.45) is 0 Å². The number of carboxylic acids is 1.